The average molecular weight is 378 g/mol. The fraction of sp³-hybridized carbons (Fsp3) is 0.190. The second kappa shape index (κ2) is 8.85. The summed E-state index contributed by atoms with van der Waals surface area (Å²) in [4.78, 5) is 21.0. The predicted octanol–water partition coefficient (Wildman–Crippen LogP) is 3.92. The van der Waals surface area contributed by atoms with Gasteiger partial charge in [-0.15, -0.1) is 0 Å². The number of nitrogens with one attached hydrogen (secondary N) is 2. The van der Waals surface area contributed by atoms with Gasteiger partial charge in [-0.05, 0) is 24.6 Å². The molecule has 1 unspecified atom stereocenters. The lowest BCUT2D eigenvalue weighted by atomic mass is 10.1. The van der Waals surface area contributed by atoms with Crippen LogP contribution in [0.25, 0.3) is 0 Å². The Labute approximate surface area is 163 Å². The summed E-state index contributed by atoms with van der Waals surface area (Å²) in [6.07, 6.45) is 2.98. The van der Waals surface area contributed by atoms with Gasteiger partial charge in [0.15, 0.2) is 0 Å². The highest BCUT2D eigenvalue weighted by molar-refractivity contribution is 6.03. The molecule has 3 rings (SSSR count). The summed E-state index contributed by atoms with van der Waals surface area (Å²) in [5.41, 5.74) is 1.86. The van der Waals surface area contributed by atoms with Crippen LogP contribution in [0.15, 0.2) is 60.9 Å². The molecule has 28 heavy (non-hydrogen) atoms. The predicted molar refractivity (Wildman–Crippen MR) is 108 cm³/mol. The first-order valence-electron chi connectivity index (χ1n) is 8.77. The van der Waals surface area contributed by atoms with Crippen LogP contribution in [0.1, 0.15) is 29.0 Å². The number of amides is 1. The van der Waals surface area contributed by atoms with Crippen LogP contribution in [0.5, 0.6) is 11.5 Å². The van der Waals surface area contributed by atoms with Crippen LogP contribution < -0.4 is 20.1 Å². The maximum Gasteiger partial charge on any atom is 0.275 e. The fourth-order valence-corrected chi connectivity index (χ4v) is 2.65. The molecule has 0 aliphatic carbocycles. The largest absolute Gasteiger partial charge is 0.497 e. The van der Waals surface area contributed by atoms with Crippen molar-refractivity contribution in [3.8, 4) is 11.5 Å². The van der Waals surface area contributed by atoms with Gasteiger partial charge in [0, 0.05) is 12.1 Å². The molecular weight excluding hydrogens is 356 g/mol. The van der Waals surface area contributed by atoms with Crippen molar-refractivity contribution in [2.75, 3.05) is 24.9 Å². The Morgan fingerprint density at radius 3 is 2.43 bits per heavy atom. The van der Waals surface area contributed by atoms with Crippen LogP contribution in [-0.4, -0.2) is 30.1 Å². The zero-order chi connectivity index (χ0) is 19.9. The molecule has 7 nitrogen and oxygen atoms in total. The number of anilines is 2. The molecule has 0 radical (unpaired) electrons. The Hall–Kier alpha value is -3.61. The molecule has 1 heterocycles. The SMILES string of the molecule is COc1ccc(NC(=O)c2cnc(NC(C)c3ccccc3)cn2)c(OC)c1. The molecule has 2 aromatic carbocycles. The van der Waals surface area contributed by atoms with Gasteiger partial charge in [0.25, 0.3) is 5.91 Å². The number of carbonyl (C=O) groups is 1. The van der Waals surface area contributed by atoms with Crippen LogP contribution in [0.4, 0.5) is 11.5 Å². The standard InChI is InChI=1S/C21H22N4O3/c1-14(15-7-5-4-6-8-15)24-20-13-22-18(12-23-20)21(26)25-17-10-9-16(27-2)11-19(17)28-3/h4-14H,1-3H3,(H,23,24)(H,25,26). The number of aromatic nitrogens is 2. The van der Waals surface area contributed by atoms with E-state index in [0.717, 1.165) is 5.56 Å². The number of methoxy groups -OCH3 is 2. The minimum Gasteiger partial charge on any atom is -0.497 e. The maximum absolute atomic E-state index is 12.5. The van der Waals surface area contributed by atoms with Crippen molar-refractivity contribution >= 4 is 17.4 Å². The third-order valence-corrected chi connectivity index (χ3v) is 4.21. The molecule has 7 heteroatoms. The molecule has 2 N–H and O–H groups in total. The normalized spacial score (nSPS) is 11.4. The van der Waals surface area contributed by atoms with E-state index in [1.165, 1.54) is 13.3 Å². The molecule has 0 aliphatic heterocycles. The smallest absolute Gasteiger partial charge is 0.275 e. The molecule has 144 valence electrons. The van der Waals surface area contributed by atoms with Crippen molar-refractivity contribution in [3.05, 3.63) is 72.2 Å². The molecule has 0 bridgehead atoms. The summed E-state index contributed by atoms with van der Waals surface area (Å²) < 4.78 is 10.4. The first-order chi connectivity index (χ1) is 13.6. The maximum atomic E-state index is 12.5. The Balaban J connectivity index is 1.67. The summed E-state index contributed by atoms with van der Waals surface area (Å²) >= 11 is 0. The van der Waals surface area contributed by atoms with Crippen molar-refractivity contribution < 1.29 is 14.3 Å². The fourth-order valence-electron chi connectivity index (χ4n) is 2.65. The van der Waals surface area contributed by atoms with E-state index in [1.54, 1.807) is 31.5 Å². The van der Waals surface area contributed by atoms with E-state index >= 15 is 0 Å². The Kier molecular flexibility index (Phi) is 6.06. The number of rotatable bonds is 7. The topological polar surface area (TPSA) is 85.4 Å². The minimum absolute atomic E-state index is 0.0683. The second-order valence-corrected chi connectivity index (χ2v) is 6.08. The summed E-state index contributed by atoms with van der Waals surface area (Å²) in [5.74, 6) is 1.35. The molecule has 0 fully saturated rings. The van der Waals surface area contributed by atoms with Crippen LogP contribution in [-0.2, 0) is 0 Å². The van der Waals surface area contributed by atoms with Crippen molar-refractivity contribution in [3.63, 3.8) is 0 Å². The van der Waals surface area contributed by atoms with Gasteiger partial charge in [-0.3, -0.25) is 4.79 Å². The van der Waals surface area contributed by atoms with Crippen molar-refractivity contribution in [2.45, 2.75) is 13.0 Å². The second-order valence-electron chi connectivity index (χ2n) is 6.08. The van der Waals surface area contributed by atoms with Gasteiger partial charge >= 0.3 is 0 Å². The van der Waals surface area contributed by atoms with E-state index in [4.69, 9.17) is 9.47 Å². The van der Waals surface area contributed by atoms with E-state index < -0.39 is 0 Å². The lowest BCUT2D eigenvalue weighted by Gasteiger charge is -2.15. The van der Waals surface area contributed by atoms with Gasteiger partial charge < -0.3 is 20.1 Å². The minimum atomic E-state index is -0.376. The van der Waals surface area contributed by atoms with E-state index in [2.05, 4.69) is 20.6 Å². The number of nitrogens with zero attached hydrogens (tertiary/aromatic N) is 2. The molecular formula is C21H22N4O3. The van der Waals surface area contributed by atoms with Crippen molar-refractivity contribution in [2.24, 2.45) is 0 Å². The average Bonchev–Trinajstić information content (AvgIpc) is 2.75. The van der Waals surface area contributed by atoms with Gasteiger partial charge in [0.05, 0.1) is 32.3 Å². The summed E-state index contributed by atoms with van der Waals surface area (Å²) in [5, 5.41) is 6.04. The summed E-state index contributed by atoms with van der Waals surface area (Å²) in [6, 6.07) is 15.2. The van der Waals surface area contributed by atoms with Crippen LogP contribution >= 0.6 is 0 Å². The van der Waals surface area contributed by atoms with Gasteiger partial charge in [-0.1, -0.05) is 30.3 Å². The third-order valence-electron chi connectivity index (χ3n) is 4.21. The number of benzene rings is 2. The van der Waals surface area contributed by atoms with Gasteiger partial charge in [0.1, 0.15) is 23.0 Å². The molecule has 0 aliphatic rings. The zero-order valence-corrected chi connectivity index (χ0v) is 16.0. The molecule has 1 atom stereocenters. The van der Waals surface area contributed by atoms with Crippen LogP contribution in [0, 0.1) is 0 Å². The van der Waals surface area contributed by atoms with Crippen molar-refractivity contribution in [1.82, 2.24) is 9.97 Å². The van der Waals surface area contributed by atoms with E-state index in [0.29, 0.717) is 23.0 Å². The number of carbonyl (C=O) groups excluding carboxylic acids is 1. The Morgan fingerprint density at radius 1 is 1.00 bits per heavy atom. The first kappa shape index (κ1) is 19.2. The van der Waals surface area contributed by atoms with Crippen LogP contribution in [0.3, 0.4) is 0 Å². The first-order valence-corrected chi connectivity index (χ1v) is 8.77. The summed E-state index contributed by atoms with van der Waals surface area (Å²) in [6.45, 7) is 2.04. The van der Waals surface area contributed by atoms with E-state index in [-0.39, 0.29) is 17.6 Å². The molecule has 0 saturated heterocycles. The Morgan fingerprint density at radius 2 is 1.79 bits per heavy atom. The van der Waals surface area contributed by atoms with E-state index in [9.17, 15) is 4.79 Å². The highest BCUT2D eigenvalue weighted by atomic mass is 16.5. The monoisotopic (exact) mass is 378 g/mol. The lowest BCUT2D eigenvalue weighted by Crippen LogP contribution is -2.15. The van der Waals surface area contributed by atoms with Gasteiger partial charge in [-0.2, -0.15) is 0 Å². The molecule has 1 aromatic heterocycles. The molecule has 0 spiro atoms. The van der Waals surface area contributed by atoms with Gasteiger partial charge in [0.2, 0.25) is 0 Å². The van der Waals surface area contributed by atoms with Crippen molar-refractivity contribution in [1.29, 1.82) is 0 Å². The molecule has 1 amide bonds. The molecule has 0 saturated carbocycles. The van der Waals surface area contributed by atoms with Gasteiger partial charge in [-0.25, -0.2) is 9.97 Å². The number of hydrogen-bond acceptors (Lipinski definition) is 6. The highest BCUT2D eigenvalue weighted by Gasteiger charge is 2.13. The quantitative estimate of drug-likeness (QED) is 0.648. The van der Waals surface area contributed by atoms with Crippen LogP contribution in [0.2, 0.25) is 0 Å². The summed E-state index contributed by atoms with van der Waals surface area (Å²) in [7, 11) is 3.09. The highest BCUT2D eigenvalue weighted by Crippen LogP contribution is 2.29. The zero-order valence-electron chi connectivity index (χ0n) is 16.0. The van der Waals surface area contributed by atoms with E-state index in [1.807, 2.05) is 37.3 Å². The Bertz CT molecular complexity index is 930. The lowest BCUT2D eigenvalue weighted by molar-refractivity contribution is 0.102. The number of hydrogen-bond donors (Lipinski definition) is 2. The molecule has 3 aromatic rings. The third kappa shape index (κ3) is 4.56. The number of ether oxygens (including phenoxy) is 2.